The number of ether oxygens (including phenoxy) is 1. The Balaban J connectivity index is 1.41. The maximum atomic E-state index is 5.99. The molecule has 0 bridgehead atoms. The number of rotatable bonds is 6. The third-order valence-corrected chi connectivity index (χ3v) is 4.70. The summed E-state index contributed by atoms with van der Waals surface area (Å²) in [7, 11) is 0. The topological polar surface area (TPSA) is 9.23 Å². The zero-order valence-corrected chi connectivity index (χ0v) is 15.2. The van der Waals surface area contributed by atoms with Gasteiger partial charge in [0.2, 0.25) is 0 Å². The van der Waals surface area contributed by atoms with Crippen LogP contribution in [0.25, 0.3) is 22.3 Å². The number of benzene rings is 4. The lowest BCUT2D eigenvalue weighted by molar-refractivity contribution is 0.322. The molecule has 0 radical (unpaired) electrons. The van der Waals surface area contributed by atoms with E-state index < -0.39 is 0 Å². The zero-order chi connectivity index (χ0) is 18.3. The van der Waals surface area contributed by atoms with Crippen LogP contribution in [0.15, 0.2) is 109 Å². The molecule has 0 atom stereocenters. The van der Waals surface area contributed by atoms with E-state index in [0.29, 0.717) is 6.61 Å². The van der Waals surface area contributed by atoms with Gasteiger partial charge in [0, 0.05) is 6.42 Å². The van der Waals surface area contributed by atoms with Crippen molar-refractivity contribution in [3.63, 3.8) is 0 Å². The van der Waals surface area contributed by atoms with Gasteiger partial charge in [0.15, 0.2) is 0 Å². The molecule has 132 valence electrons. The molecule has 0 fully saturated rings. The van der Waals surface area contributed by atoms with Gasteiger partial charge in [-0.05, 0) is 39.9 Å². The minimum Gasteiger partial charge on any atom is -0.493 e. The fourth-order valence-electron chi connectivity index (χ4n) is 3.29. The maximum Gasteiger partial charge on any atom is 0.119 e. The van der Waals surface area contributed by atoms with Crippen LogP contribution in [0.4, 0.5) is 0 Å². The van der Waals surface area contributed by atoms with Crippen molar-refractivity contribution in [3.8, 4) is 28.0 Å². The number of hydrogen-bond acceptors (Lipinski definition) is 1. The Bertz CT molecular complexity index is 973. The van der Waals surface area contributed by atoms with E-state index in [1.807, 2.05) is 24.3 Å². The molecule has 1 nitrogen and oxygen atoms in total. The first-order chi connectivity index (χ1) is 13.4. The molecule has 0 aliphatic heterocycles. The minimum atomic E-state index is 0.661. The summed E-state index contributed by atoms with van der Waals surface area (Å²) < 4.78 is 5.99. The summed E-state index contributed by atoms with van der Waals surface area (Å²) in [5.41, 5.74) is 6.27. The van der Waals surface area contributed by atoms with Crippen LogP contribution in [-0.2, 0) is 6.42 Å². The Labute approximate surface area is 160 Å². The minimum absolute atomic E-state index is 0.661. The van der Waals surface area contributed by atoms with Gasteiger partial charge >= 0.3 is 0 Å². The second kappa shape index (κ2) is 8.37. The Morgan fingerprint density at radius 2 is 1.04 bits per heavy atom. The van der Waals surface area contributed by atoms with Crippen LogP contribution in [0.3, 0.4) is 0 Å². The van der Waals surface area contributed by atoms with Gasteiger partial charge in [-0.1, -0.05) is 97.1 Å². The van der Waals surface area contributed by atoms with Crippen molar-refractivity contribution in [2.24, 2.45) is 0 Å². The van der Waals surface area contributed by atoms with E-state index in [-0.39, 0.29) is 0 Å². The van der Waals surface area contributed by atoms with Gasteiger partial charge in [0.1, 0.15) is 5.75 Å². The molecule has 0 aliphatic rings. The van der Waals surface area contributed by atoms with E-state index in [1.54, 1.807) is 0 Å². The van der Waals surface area contributed by atoms with Crippen LogP contribution in [0.1, 0.15) is 5.56 Å². The lowest BCUT2D eigenvalue weighted by Crippen LogP contribution is -2.02. The molecule has 1 heteroatoms. The van der Waals surface area contributed by atoms with Gasteiger partial charge < -0.3 is 4.74 Å². The molecule has 0 saturated heterocycles. The standard InChI is InChI=1S/C26H22O/c1-3-9-21(10-4-1)22-15-17-25(18-16-22)27-20-19-24-13-7-8-14-26(24)23-11-5-2-6-12-23/h1-18H,19-20H2. The second-order valence-electron chi connectivity index (χ2n) is 6.51. The fraction of sp³-hybridized carbons (Fsp3) is 0.0769. The lowest BCUT2D eigenvalue weighted by Gasteiger charge is -2.11. The Morgan fingerprint density at radius 3 is 1.74 bits per heavy atom. The van der Waals surface area contributed by atoms with Gasteiger partial charge in [-0.25, -0.2) is 0 Å². The first kappa shape index (κ1) is 17.1. The lowest BCUT2D eigenvalue weighted by atomic mass is 9.98. The molecule has 0 heterocycles. The monoisotopic (exact) mass is 350 g/mol. The van der Waals surface area contributed by atoms with Gasteiger partial charge in [-0.2, -0.15) is 0 Å². The van der Waals surface area contributed by atoms with Crippen LogP contribution in [0.5, 0.6) is 5.75 Å². The molecule has 4 aromatic carbocycles. The van der Waals surface area contributed by atoms with Gasteiger partial charge in [0.25, 0.3) is 0 Å². The summed E-state index contributed by atoms with van der Waals surface area (Å²) in [5, 5.41) is 0. The molecular weight excluding hydrogens is 328 g/mol. The molecule has 0 saturated carbocycles. The quantitative estimate of drug-likeness (QED) is 0.378. The van der Waals surface area contributed by atoms with Gasteiger partial charge in [0.05, 0.1) is 6.61 Å². The Kier molecular flexibility index (Phi) is 5.31. The van der Waals surface area contributed by atoms with E-state index in [9.17, 15) is 0 Å². The van der Waals surface area contributed by atoms with Crippen molar-refractivity contribution in [1.29, 1.82) is 0 Å². The fourth-order valence-corrected chi connectivity index (χ4v) is 3.29. The van der Waals surface area contributed by atoms with Crippen LogP contribution >= 0.6 is 0 Å². The Morgan fingerprint density at radius 1 is 0.481 bits per heavy atom. The Hall–Kier alpha value is -3.32. The first-order valence-electron chi connectivity index (χ1n) is 9.32. The highest BCUT2D eigenvalue weighted by Gasteiger charge is 2.05. The summed E-state index contributed by atoms with van der Waals surface area (Å²) >= 11 is 0. The molecule has 0 aliphatic carbocycles. The average Bonchev–Trinajstić information content (AvgIpc) is 2.76. The van der Waals surface area contributed by atoms with Crippen molar-refractivity contribution in [1.82, 2.24) is 0 Å². The predicted molar refractivity (Wildman–Crippen MR) is 113 cm³/mol. The summed E-state index contributed by atoms with van der Waals surface area (Å²) in [4.78, 5) is 0. The molecular formula is C26H22O. The second-order valence-corrected chi connectivity index (χ2v) is 6.51. The van der Waals surface area contributed by atoms with Crippen LogP contribution in [0, 0.1) is 0 Å². The van der Waals surface area contributed by atoms with Gasteiger partial charge in [-0.3, -0.25) is 0 Å². The predicted octanol–water partition coefficient (Wildman–Crippen LogP) is 6.64. The SMILES string of the molecule is c1ccc(-c2ccc(OCCc3ccccc3-c3ccccc3)cc2)cc1. The molecule has 4 aromatic rings. The highest BCUT2D eigenvalue weighted by Crippen LogP contribution is 2.25. The van der Waals surface area contributed by atoms with Crippen molar-refractivity contribution in [3.05, 3.63) is 115 Å². The molecule has 4 rings (SSSR count). The maximum absolute atomic E-state index is 5.99. The molecule has 27 heavy (non-hydrogen) atoms. The third-order valence-electron chi connectivity index (χ3n) is 4.70. The summed E-state index contributed by atoms with van der Waals surface area (Å²) in [6, 6.07) is 37.8. The molecule has 0 amide bonds. The smallest absolute Gasteiger partial charge is 0.119 e. The van der Waals surface area contributed by atoms with Crippen LogP contribution in [0.2, 0.25) is 0 Å². The highest BCUT2D eigenvalue weighted by atomic mass is 16.5. The summed E-state index contributed by atoms with van der Waals surface area (Å²) in [6.45, 7) is 0.661. The largest absolute Gasteiger partial charge is 0.493 e. The van der Waals surface area contributed by atoms with Crippen molar-refractivity contribution < 1.29 is 4.74 Å². The summed E-state index contributed by atoms with van der Waals surface area (Å²) in [5.74, 6) is 0.909. The summed E-state index contributed by atoms with van der Waals surface area (Å²) in [6.07, 6.45) is 0.880. The van der Waals surface area contributed by atoms with E-state index in [1.165, 1.54) is 27.8 Å². The average molecular weight is 350 g/mol. The molecule has 0 spiro atoms. The van der Waals surface area contributed by atoms with E-state index in [0.717, 1.165) is 12.2 Å². The van der Waals surface area contributed by atoms with E-state index >= 15 is 0 Å². The molecule has 0 unspecified atom stereocenters. The molecule has 0 aromatic heterocycles. The first-order valence-corrected chi connectivity index (χ1v) is 9.32. The normalized spacial score (nSPS) is 10.5. The zero-order valence-electron chi connectivity index (χ0n) is 15.2. The van der Waals surface area contributed by atoms with Gasteiger partial charge in [-0.15, -0.1) is 0 Å². The van der Waals surface area contributed by atoms with Crippen LogP contribution < -0.4 is 4.74 Å². The van der Waals surface area contributed by atoms with Crippen molar-refractivity contribution in [2.45, 2.75) is 6.42 Å². The van der Waals surface area contributed by atoms with Crippen molar-refractivity contribution >= 4 is 0 Å². The molecule has 0 N–H and O–H groups in total. The van der Waals surface area contributed by atoms with E-state index in [4.69, 9.17) is 4.74 Å². The third kappa shape index (κ3) is 4.27. The van der Waals surface area contributed by atoms with E-state index in [2.05, 4.69) is 84.9 Å². The van der Waals surface area contributed by atoms with Crippen molar-refractivity contribution in [2.75, 3.05) is 6.61 Å². The highest BCUT2D eigenvalue weighted by molar-refractivity contribution is 5.67. The van der Waals surface area contributed by atoms with Crippen LogP contribution in [-0.4, -0.2) is 6.61 Å². The number of hydrogen-bond donors (Lipinski definition) is 0.